The highest BCUT2D eigenvalue weighted by molar-refractivity contribution is 5.82. The van der Waals surface area contributed by atoms with Crippen LogP contribution in [-0.2, 0) is 17.6 Å². The van der Waals surface area contributed by atoms with Crippen molar-refractivity contribution in [2.45, 2.75) is 32.1 Å². The molecule has 112 valence electrons. The Balaban J connectivity index is 1.63. The Morgan fingerprint density at radius 1 is 1.23 bits per heavy atom. The number of anilines is 1. The molecule has 1 heterocycles. The molecule has 0 spiro atoms. The van der Waals surface area contributed by atoms with Gasteiger partial charge < -0.3 is 5.32 Å². The summed E-state index contributed by atoms with van der Waals surface area (Å²) in [7, 11) is 0. The lowest BCUT2D eigenvalue weighted by Crippen LogP contribution is -2.07. The van der Waals surface area contributed by atoms with Gasteiger partial charge in [0.15, 0.2) is 0 Å². The number of fused-ring (bicyclic) bond motifs is 1. The van der Waals surface area contributed by atoms with E-state index in [1.807, 2.05) is 24.3 Å². The average molecular weight is 291 g/mol. The second kappa shape index (κ2) is 6.18. The van der Waals surface area contributed by atoms with E-state index in [9.17, 15) is 4.79 Å². The van der Waals surface area contributed by atoms with Crippen LogP contribution >= 0.6 is 0 Å². The van der Waals surface area contributed by atoms with Gasteiger partial charge in [0.25, 0.3) is 0 Å². The molecule has 0 saturated carbocycles. The number of ketones is 1. The summed E-state index contributed by atoms with van der Waals surface area (Å²) >= 11 is 0. The van der Waals surface area contributed by atoms with Crippen molar-refractivity contribution in [3.63, 3.8) is 0 Å². The van der Waals surface area contributed by atoms with Gasteiger partial charge in [-0.15, -0.1) is 0 Å². The molecular formula is C20H21NO. The van der Waals surface area contributed by atoms with Gasteiger partial charge in [0.1, 0.15) is 5.78 Å². The Bertz CT molecular complexity index is 703. The molecular weight excluding hydrogens is 270 g/mol. The maximum atomic E-state index is 12.3. The number of Topliss-reactive ketones (excluding diaryl/α,β-unsaturated/α-hetero) is 1. The van der Waals surface area contributed by atoms with Crippen molar-refractivity contribution in [3.05, 3.63) is 77.5 Å². The summed E-state index contributed by atoms with van der Waals surface area (Å²) in [5.41, 5.74) is 5.72. The highest BCUT2D eigenvalue weighted by Gasteiger charge is 2.15. The van der Waals surface area contributed by atoms with Crippen LogP contribution in [0.1, 0.15) is 36.0 Å². The highest BCUT2D eigenvalue weighted by Crippen LogP contribution is 2.28. The Labute approximate surface area is 131 Å². The molecule has 0 aromatic heterocycles. The maximum Gasteiger partial charge on any atom is 0.137 e. The quantitative estimate of drug-likeness (QED) is 0.880. The van der Waals surface area contributed by atoms with Gasteiger partial charge in [-0.25, -0.2) is 0 Å². The molecule has 22 heavy (non-hydrogen) atoms. The second-order valence-corrected chi connectivity index (χ2v) is 6.13. The molecule has 1 aliphatic heterocycles. The van der Waals surface area contributed by atoms with Crippen LogP contribution in [0.4, 0.5) is 5.69 Å². The Morgan fingerprint density at radius 2 is 2.00 bits per heavy atom. The fourth-order valence-corrected chi connectivity index (χ4v) is 3.03. The molecule has 2 heteroatoms. The van der Waals surface area contributed by atoms with E-state index in [1.54, 1.807) is 0 Å². The zero-order valence-corrected chi connectivity index (χ0v) is 12.9. The molecule has 1 atom stereocenters. The minimum atomic E-state index is 0.268. The van der Waals surface area contributed by atoms with Crippen molar-refractivity contribution < 1.29 is 4.79 Å². The second-order valence-electron chi connectivity index (χ2n) is 6.13. The first-order chi connectivity index (χ1) is 10.6. The minimum Gasteiger partial charge on any atom is -0.359 e. The lowest BCUT2D eigenvalue weighted by atomic mass is 9.93. The molecule has 3 rings (SSSR count). The SMILES string of the molecule is C=C1Cc2cc(CC(=O)C[C@@H](C)c3ccccc3)ccc2N1. The van der Waals surface area contributed by atoms with Crippen molar-refractivity contribution in [2.75, 3.05) is 5.32 Å². The van der Waals surface area contributed by atoms with Gasteiger partial charge in [0.05, 0.1) is 0 Å². The largest absolute Gasteiger partial charge is 0.359 e. The van der Waals surface area contributed by atoms with Crippen LogP contribution in [0, 0.1) is 0 Å². The summed E-state index contributed by atoms with van der Waals surface area (Å²) in [6.07, 6.45) is 1.96. The van der Waals surface area contributed by atoms with E-state index in [0.29, 0.717) is 18.6 Å². The van der Waals surface area contributed by atoms with E-state index < -0.39 is 0 Å². The molecule has 0 bridgehead atoms. The van der Waals surface area contributed by atoms with Gasteiger partial charge in [-0.2, -0.15) is 0 Å². The molecule has 0 saturated heterocycles. The predicted octanol–water partition coefficient (Wildman–Crippen LogP) is 4.47. The molecule has 2 aromatic rings. The zero-order chi connectivity index (χ0) is 15.5. The van der Waals surface area contributed by atoms with Crippen LogP contribution in [-0.4, -0.2) is 5.78 Å². The lowest BCUT2D eigenvalue weighted by Gasteiger charge is -2.11. The summed E-state index contributed by atoms with van der Waals surface area (Å²) in [6, 6.07) is 16.4. The normalized spacial score (nSPS) is 14.3. The topological polar surface area (TPSA) is 29.1 Å². The van der Waals surface area contributed by atoms with Gasteiger partial charge in [-0.05, 0) is 28.7 Å². The number of carbonyl (C=O) groups excluding carboxylic acids is 1. The third kappa shape index (κ3) is 3.28. The first-order valence-corrected chi connectivity index (χ1v) is 7.75. The van der Waals surface area contributed by atoms with Crippen molar-refractivity contribution in [1.82, 2.24) is 0 Å². The van der Waals surface area contributed by atoms with E-state index in [1.165, 1.54) is 11.1 Å². The Morgan fingerprint density at radius 3 is 2.77 bits per heavy atom. The van der Waals surface area contributed by atoms with Crippen LogP contribution < -0.4 is 5.32 Å². The standard InChI is InChI=1S/C20H21NO/c1-14(17-6-4-3-5-7-17)10-19(22)13-16-8-9-20-18(12-16)11-15(2)21-20/h3-9,12,14,21H,2,10-11,13H2,1H3/t14-/m1/s1. The summed E-state index contributed by atoms with van der Waals surface area (Å²) in [6.45, 7) is 6.07. The predicted molar refractivity (Wildman–Crippen MR) is 91.1 cm³/mol. The number of hydrogen-bond donors (Lipinski definition) is 1. The number of rotatable bonds is 5. The smallest absolute Gasteiger partial charge is 0.137 e. The molecule has 0 fully saturated rings. The van der Waals surface area contributed by atoms with Gasteiger partial charge in [-0.1, -0.05) is 56.0 Å². The monoisotopic (exact) mass is 291 g/mol. The molecule has 0 amide bonds. The average Bonchev–Trinajstić information content (AvgIpc) is 2.87. The van der Waals surface area contributed by atoms with Crippen molar-refractivity contribution >= 4 is 11.5 Å². The third-order valence-electron chi connectivity index (χ3n) is 4.19. The van der Waals surface area contributed by atoms with E-state index in [2.05, 4.69) is 43.1 Å². The Kier molecular flexibility index (Phi) is 4.10. The summed E-state index contributed by atoms with van der Waals surface area (Å²) in [4.78, 5) is 12.3. The van der Waals surface area contributed by atoms with Crippen LogP contribution in [0.2, 0.25) is 0 Å². The van der Waals surface area contributed by atoms with Gasteiger partial charge in [0.2, 0.25) is 0 Å². The maximum absolute atomic E-state index is 12.3. The van der Waals surface area contributed by atoms with Crippen molar-refractivity contribution in [1.29, 1.82) is 0 Å². The van der Waals surface area contributed by atoms with Crippen LogP contribution in [0.15, 0.2) is 60.8 Å². The molecule has 2 nitrogen and oxygen atoms in total. The fraction of sp³-hybridized carbons (Fsp3) is 0.250. The number of benzene rings is 2. The van der Waals surface area contributed by atoms with E-state index >= 15 is 0 Å². The number of nitrogens with one attached hydrogen (secondary N) is 1. The van der Waals surface area contributed by atoms with Gasteiger partial charge >= 0.3 is 0 Å². The van der Waals surface area contributed by atoms with Crippen molar-refractivity contribution in [2.24, 2.45) is 0 Å². The summed E-state index contributed by atoms with van der Waals surface area (Å²) < 4.78 is 0. The molecule has 1 N–H and O–H groups in total. The van der Waals surface area contributed by atoms with Gasteiger partial charge in [-0.3, -0.25) is 4.79 Å². The van der Waals surface area contributed by atoms with E-state index in [0.717, 1.165) is 23.4 Å². The van der Waals surface area contributed by atoms with E-state index in [4.69, 9.17) is 0 Å². The summed E-state index contributed by atoms with van der Waals surface area (Å²) in [5.74, 6) is 0.561. The highest BCUT2D eigenvalue weighted by atomic mass is 16.1. The van der Waals surface area contributed by atoms with Crippen LogP contribution in [0.3, 0.4) is 0 Å². The molecule has 0 unspecified atom stereocenters. The molecule has 2 aromatic carbocycles. The summed E-state index contributed by atoms with van der Waals surface area (Å²) in [5, 5.41) is 3.25. The molecule has 0 aliphatic carbocycles. The van der Waals surface area contributed by atoms with E-state index in [-0.39, 0.29) is 5.92 Å². The molecule has 1 aliphatic rings. The first kappa shape index (κ1) is 14.6. The molecule has 0 radical (unpaired) electrons. The lowest BCUT2D eigenvalue weighted by molar-refractivity contribution is -0.118. The first-order valence-electron chi connectivity index (χ1n) is 7.75. The Hall–Kier alpha value is -2.35. The third-order valence-corrected chi connectivity index (χ3v) is 4.19. The number of hydrogen-bond acceptors (Lipinski definition) is 2. The zero-order valence-electron chi connectivity index (χ0n) is 12.9. The fourth-order valence-electron chi connectivity index (χ4n) is 3.03. The number of allylic oxidation sites excluding steroid dienone is 1. The van der Waals surface area contributed by atoms with Gasteiger partial charge in [0, 0.05) is 30.6 Å². The van der Waals surface area contributed by atoms with Crippen LogP contribution in [0.25, 0.3) is 0 Å². The van der Waals surface area contributed by atoms with Crippen LogP contribution in [0.5, 0.6) is 0 Å². The minimum absolute atomic E-state index is 0.268. The van der Waals surface area contributed by atoms with Crippen molar-refractivity contribution in [3.8, 4) is 0 Å². The number of carbonyl (C=O) groups is 1.